The molecule has 0 saturated heterocycles. The summed E-state index contributed by atoms with van der Waals surface area (Å²) in [5, 5.41) is 3.61. The zero-order valence-corrected chi connectivity index (χ0v) is 11.4. The summed E-state index contributed by atoms with van der Waals surface area (Å²) in [6.07, 6.45) is 0. The number of hydrogen-bond donors (Lipinski definition) is 2. The molecule has 6 nitrogen and oxygen atoms in total. The van der Waals surface area contributed by atoms with Gasteiger partial charge in [0.1, 0.15) is 0 Å². The predicted octanol–water partition coefficient (Wildman–Crippen LogP) is 1.80. The Hall–Kier alpha value is -1.86. The van der Waals surface area contributed by atoms with Gasteiger partial charge in [-0.05, 0) is 31.5 Å². The number of nitrogens with one attached hydrogen (secondary N) is 1. The second-order valence-electron chi connectivity index (χ2n) is 4.30. The van der Waals surface area contributed by atoms with Crippen molar-refractivity contribution >= 4 is 15.9 Å². The van der Waals surface area contributed by atoms with Gasteiger partial charge >= 0.3 is 0 Å². The van der Waals surface area contributed by atoms with Gasteiger partial charge in [-0.2, -0.15) is 0 Å². The van der Waals surface area contributed by atoms with Crippen molar-refractivity contribution < 1.29 is 12.9 Å². The summed E-state index contributed by atoms with van der Waals surface area (Å²) in [6, 6.07) is 7.75. The van der Waals surface area contributed by atoms with Crippen molar-refractivity contribution in [1.29, 1.82) is 0 Å². The first-order valence-electron chi connectivity index (χ1n) is 5.70. The third-order valence-corrected chi connectivity index (χ3v) is 3.94. The normalized spacial score (nSPS) is 13.2. The van der Waals surface area contributed by atoms with Crippen LogP contribution in [0.5, 0.6) is 0 Å². The molecule has 0 radical (unpaired) electrons. The van der Waals surface area contributed by atoms with Crippen molar-refractivity contribution in [3.63, 3.8) is 0 Å². The zero-order chi connectivity index (χ0) is 14.0. The molecule has 102 valence electrons. The summed E-state index contributed by atoms with van der Waals surface area (Å²) in [5.41, 5.74) is 7.18. The Kier molecular flexibility index (Phi) is 3.59. The van der Waals surface area contributed by atoms with Gasteiger partial charge in [0.25, 0.3) is 10.0 Å². The van der Waals surface area contributed by atoms with Crippen LogP contribution in [-0.2, 0) is 10.0 Å². The molecule has 2 aromatic rings. The van der Waals surface area contributed by atoms with Gasteiger partial charge in [-0.15, -0.1) is 0 Å². The highest BCUT2D eigenvalue weighted by atomic mass is 32.2. The number of rotatable bonds is 4. The molecule has 1 aromatic carbocycles. The minimum Gasteiger partial charge on any atom is -0.338 e. The minimum atomic E-state index is -3.67. The second-order valence-corrected chi connectivity index (χ2v) is 5.98. The Bertz CT molecular complexity index is 660. The molecule has 0 aliphatic carbocycles. The van der Waals surface area contributed by atoms with Crippen LogP contribution in [-0.4, -0.2) is 13.6 Å². The van der Waals surface area contributed by atoms with Crippen molar-refractivity contribution in [3.05, 3.63) is 41.6 Å². The highest BCUT2D eigenvalue weighted by Crippen LogP contribution is 2.18. The molecule has 0 amide bonds. The molecule has 0 saturated carbocycles. The van der Waals surface area contributed by atoms with Crippen LogP contribution in [0.2, 0.25) is 0 Å². The van der Waals surface area contributed by atoms with Crippen molar-refractivity contribution in [3.8, 4) is 0 Å². The van der Waals surface area contributed by atoms with Crippen LogP contribution in [0, 0.1) is 6.92 Å². The van der Waals surface area contributed by atoms with Crippen LogP contribution in [0.3, 0.4) is 0 Å². The van der Waals surface area contributed by atoms with Gasteiger partial charge in [0.05, 0.1) is 10.6 Å². The molecule has 1 unspecified atom stereocenters. The van der Waals surface area contributed by atoms with Gasteiger partial charge in [0.15, 0.2) is 0 Å². The topological polar surface area (TPSA) is 98.2 Å². The van der Waals surface area contributed by atoms with Crippen molar-refractivity contribution in [2.45, 2.75) is 24.8 Å². The van der Waals surface area contributed by atoms with Crippen LogP contribution >= 0.6 is 0 Å². The van der Waals surface area contributed by atoms with E-state index in [9.17, 15) is 8.42 Å². The van der Waals surface area contributed by atoms with Gasteiger partial charge in [0.2, 0.25) is 5.88 Å². The number of sulfonamides is 1. The molecule has 2 rings (SSSR count). The third-order valence-electron chi connectivity index (χ3n) is 2.58. The fourth-order valence-electron chi connectivity index (χ4n) is 1.55. The Labute approximate surface area is 111 Å². The minimum absolute atomic E-state index is 0.0915. The highest BCUT2D eigenvalue weighted by Gasteiger charge is 2.16. The lowest BCUT2D eigenvalue weighted by molar-refractivity contribution is 0.430. The number of aryl methyl sites for hydroxylation is 1. The van der Waals surface area contributed by atoms with Gasteiger partial charge in [-0.1, -0.05) is 17.3 Å². The number of nitrogens with zero attached hydrogens (tertiary/aromatic N) is 1. The molecule has 3 N–H and O–H groups in total. The van der Waals surface area contributed by atoms with E-state index >= 15 is 0 Å². The maximum absolute atomic E-state index is 12.1. The molecule has 7 heteroatoms. The summed E-state index contributed by atoms with van der Waals surface area (Å²) in [4.78, 5) is 0.144. The maximum Gasteiger partial charge on any atom is 0.264 e. The van der Waals surface area contributed by atoms with Crippen LogP contribution in [0.25, 0.3) is 0 Å². The average Bonchev–Trinajstić information content (AvgIpc) is 2.74. The van der Waals surface area contributed by atoms with E-state index in [2.05, 4.69) is 9.88 Å². The average molecular weight is 281 g/mol. The van der Waals surface area contributed by atoms with E-state index in [0.717, 1.165) is 5.56 Å². The highest BCUT2D eigenvalue weighted by molar-refractivity contribution is 7.92. The van der Waals surface area contributed by atoms with E-state index in [1.54, 1.807) is 19.1 Å². The first-order chi connectivity index (χ1) is 8.88. The van der Waals surface area contributed by atoms with Crippen LogP contribution in [0.4, 0.5) is 5.88 Å². The number of nitrogens with two attached hydrogens (primary N) is 1. The predicted molar refractivity (Wildman–Crippen MR) is 71.1 cm³/mol. The lowest BCUT2D eigenvalue weighted by Gasteiger charge is -2.08. The van der Waals surface area contributed by atoms with Crippen LogP contribution < -0.4 is 10.5 Å². The van der Waals surface area contributed by atoms with Crippen molar-refractivity contribution in [1.82, 2.24) is 5.16 Å². The lowest BCUT2D eigenvalue weighted by atomic mass is 10.1. The van der Waals surface area contributed by atoms with Gasteiger partial charge in [0, 0.05) is 12.1 Å². The quantitative estimate of drug-likeness (QED) is 0.890. The molecule has 19 heavy (non-hydrogen) atoms. The molecular weight excluding hydrogens is 266 g/mol. The molecule has 1 heterocycles. The Morgan fingerprint density at radius 3 is 2.42 bits per heavy atom. The first kappa shape index (κ1) is 13.6. The van der Waals surface area contributed by atoms with Crippen molar-refractivity contribution in [2.24, 2.45) is 5.73 Å². The Morgan fingerprint density at radius 1 is 1.32 bits per heavy atom. The van der Waals surface area contributed by atoms with Gasteiger partial charge in [-0.25, -0.2) is 13.1 Å². The molecule has 1 aromatic heterocycles. The molecule has 1 atom stereocenters. The summed E-state index contributed by atoms with van der Waals surface area (Å²) in [7, 11) is -3.67. The Balaban J connectivity index is 2.24. The maximum atomic E-state index is 12.1. The SMILES string of the molecule is Cc1cc(NS(=O)(=O)c2ccc(C(C)N)cc2)on1. The third kappa shape index (κ3) is 3.12. The van der Waals surface area contributed by atoms with E-state index < -0.39 is 10.0 Å². The molecule has 0 fully saturated rings. The van der Waals surface area contributed by atoms with E-state index in [1.165, 1.54) is 18.2 Å². The molecule has 0 bridgehead atoms. The molecule has 0 spiro atoms. The van der Waals surface area contributed by atoms with Gasteiger partial charge in [-0.3, -0.25) is 0 Å². The summed E-state index contributed by atoms with van der Waals surface area (Å²) >= 11 is 0. The van der Waals surface area contributed by atoms with Gasteiger partial charge < -0.3 is 10.3 Å². The fourth-order valence-corrected chi connectivity index (χ4v) is 2.53. The summed E-state index contributed by atoms with van der Waals surface area (Å²) in [6.45, 7) is 3.54. The lowest BCUT2D eigenvalue weighted by Crippen LogP contribution is -2.13. The molecular formula is C12H15N3O3S. The number of hydrogen-bond acceptors (Lipinski definition) is 5. The number of benzene rings is 1. The molecule has 0 aliphatic rings. The standard InChI is InChI=1S/C12H15N3O3S/c1-8-7-12(18-14-8)15-19(16,17)11-5-3-10(4-6-11)9(2)13/h3-7,9,15H,13H2,1-2H3. The Morgan fingerprint density at radius 2 is 1.95 bits per heavy atom. The monoisotopic (exact) mass is 281 g/mol. The number of aromatic nitrogens is 1. The largest absolute Gasteiger partial charge is 0.338 e. The van der Waals surface area contributed by atoms with Crippen molar-refractivity contribution in [2.75, 3.05) is 4.72 Å². The fraction of sp³-hybridized carbons (Fsp3) is 0.250. The second kappa shape index (κ2) is 5.02. The molecule has 0 aliphatic heterocycles. The van der Waals surface area contributed by atoms with Crippen LogP contribution in [0.1, 0.15) is 24.2 Å². The first-order valence-corrected chi connectivity index (χ1v) is 7.18. The summed E-state index contributed by atoms with van der Waals surface area (Å²) < 4.78 is 31.3. The van der Waals surface area contributed by atoms with E-state index in [4.69, 9.17) is 10.3 Å². The van der Waals surface area contributed by atoms with E-state index in [1.807, 2.05) is 6.92 Å². The van der Waals surface area contributed by atoms with Crippen LogP contribution in [0.15, 0.2) is 39.8 Å². The van der Waals surface area contributed by atoms with E-state index in [0.29, 0.717) is 5.69 Å². The van der Waals surface area contributed by atoms with E-state index in [-0.39, 0.29) is 16.8 Å². The zero-order valence-electron chi connectivity index (χ0n) is 10.6. The number of anilines is 1. The smallest absolute Gasteiger partial charge is 0.264 e. The summed E-state index contributed by atoms with van der Waals surface area (Å²) in [5.74, 6) is 0.0915.